The second-order valence-electron chi connectivity index (χ2n) is 16.2. The fourth-order valence-corrected chi connectivity index (χ4v) is 8.58. The van der Waals surface area contributed by atoms with Crippen molar-refractivity contribution in [3.63, 3.8) is 0 Å². The minimum Gasteiger partial charge on any atom is -0.478 e. The Morgan fingerprint density at radius 3 is 1.93 bits per heavy atom. The first-order valence-electron chi connectivity index (χ1n) is 21.9. The third-order valence-electron chi connectivity index (χ3n) is 11.9. The van der Waals surface area contributed by atoms with E-state index in [-0.39, 0.29) is 24.9 Å². The first-order chi connectivity index (χ1) is 29.2. The van der Waals surface area contributed by atoms with Crippen LogP contribution >= 0.6 is 28.3 Å². The Morgan fingerprint density at radius 2 is 1.41 bits per heavy atom. The quantitative estimate of drug-likeness (QED) is 0.134. The molecule has 5 aliphatic heterocycles. The number of rotatable bonds is 11. The molecule has 7 heterocycles. The number of carbonyl (C=O) groups is 1. The largest absolute Gasteiger partial charge is 0.478 e. The summed E-state index contributed by atoms with van der Waals surface area (Å²) in [5, 5.41) is 21.6. The smallest absolute Gasteiger partial charge is 0.237 e. The van der Waals surface area contributed by atoms with Crippen LogP contribution in [-0.4, -0.2) is 152 Å². The number of aliphatic hydroxyl groups excluding tert-OH is 2. The SMILES string of the molecule is CN1C(=O)C2(CCOCC2)c2c1cnc1ccc(-c3ccc(OCCCN4CCC(F)CC4)nc3)cc21.Cl.FC1CCNCC1.OCCCBr.OCCCN1CCC(F)CC1. The van der Waals surface area contributed by atoms with Gasteiger partial charge in [-0.25, -0.2) is 18.2 Å². The molecule has 0 saturated carbocycles. The molecule has 0 bridgehead atoms. The van der Waals surface area contributed by atoms with E-state index in [1.807, 2.05) is 37.6 Å². The number of benzene rings is 1. The summed E-state index contributed by atoms with van der Waals surface area (Å²) in [5.41, 5.74) is 4.34. The average Bonchev–Trinajstić information content (AvgIpc) is 3.48. The Morgan fingerprint density at radius 1 is 0.820 bits per heavy atom. The highest BCUT2D eigenvalue weighted by Gasteiger charge is 2.51. The van der Waals surface area contributed by atoms with Crippen LogP contribution in [0.2, 0.25) is 0 Å². The number of aliphatic hydroxyl groups is 2. The fraction of sp³-hybridized carbons (Fsp3) is 0.667. The van der Waals surface area contributed by atoms with Crippen molar-refractivity contribution in [2.75, 3.05) is 103 Å². The number of fused-ring (bicyclic) bond motifs is 4. The summed E-state index contributed by atoms with van der Waals surface area (Å²) in [6, 6.07) is 10.1. The number of ether oxygens (including phenoxy) is 2. The molecule has 61 heavy (non-hydrogen) atoms. The van der Waals surface area contributed by atoms with Crippen LogP contribution in [0.1, 0.15) is 76.2 Å². The molecule has 2 aromatic heterocycles. The normalized spacial score (nSPS) is 19.8. The predicted octanol–water partition coefficient (Wildman–Crippen LogP) is 7.22. The zero-order valence-corrected chi connectivity index (χ0v) is 38.1. The lowest BCUT2D eigenvalue weighted by atomic mass is 9.74. The van der Waals surface area contributed by atoms with Gasteiger partial charge < -0.3 is 39.7 Å². The molecule has 16 heteroatoms. The van der Waals surface area contributed by atoms with Crippen molar-refractivity contribution in [2.45, 2.75) is 94.6 Å². The number of carbonyl (C=O) groups excluding carboxylic acids is 1. The monoisotopic (exact) mass is 942 g/mol. The summed E-state index contributed by atoms with van der Waals surface area (Å²) in [6.07, 6.45) is 9.90. The van der Waals surface area contributed by atoms with Gasteiger partial charge in [0.1, 0.15) is 18.5 Å². The Balaban J connectivity index is 0.000000278. The fourth-order valence-electron chi connectivity index (χ4n) is 8.33. The van der Waals surface area contributed by atoms with Crippen molar-refractivity contribution in [1.29, 1.82) is 0 Å². The number of hydrogen-bond donors (Lipinski definition) is 3. The van der Waals surface area contributed by atoms with Crippen molar-refractivity contribution in [1.82, 2.24) is 25.1 Å². The number of halogens is 5. The maximum Gasteiger partial charge on any atom is 0.237 e. The van der Waals surface area contributed by atoms with E-state index in [2.05, 4.69) is 53.1 Å². The maximum atomic E-state index is 13.4. The van der Waals surface area contributed by atoms with Crippen LogP contribution in [0.5, 0.6) is 5.88 Å². The van der Waals surface area contributed by atoms with E-state index < -0.39 is 23.9 Å². The summed E-state index contributed by atoms with van der Waals surface area (Å²) in [6.45, 7) is 9.26. The van der Waals surface area contributed by atoms with Crippen LogP contribution in [-0.2, 0) is 14.9 Å². The van der Waals surface area contributed by atoms with Gasteiger partial charge in [-0.05, 0) is 107 Å². The lowest BCUT2D eigenvalue weighted by Gasteiger charge is -2.32. The number of amides is 1. The van der Waals surface area contributed by atoms with Gasteiger partial charge in [0.25, 0.3) is 0 Å². The first kappa shape index (κ1) is 51.0. The van der Waals surface area contributed by atoms with E-state index in [0.717, 1.165) is 110 Å². The van der Waals surface area contributed by atoms with Gasteiger partial charge in [0.15, 0.2) is 0 Å². The molecular weight excluding hydrogens is 877 g/mol. The highest BCUT2D eigenvalue weighted by atomic mass is 79.9. The second kappa shape index (κ2) is 26.9. The molecule has 0 atom stereocenters. The van der Waals surface area contributed by atoms with Crippen LogP contribution in [0.4, 0.5) is 18.9 Å². The average molecular weight is 944 g/mol. The Hall–Kier alpha value is -2.63. The van der Waals surface area contributed by atoms with Gasteiger partial charge in [-0.3, -0.25) is 9.78 Å². The summed E-state index contributed by atoms with van der Waals surface area (Å²) in [4.78, 5) is 28.9. The van der Waals surface area contributed by atoms with E-state index in [1.54, 1.807) is 4.90 Å². The van der Waals surface area contributed by atoms with Gasteiger partial charge >= 0.3 is 0 Å². The van der Waals surface area contributed by atoms with E-state index in [0.29, 0.717) is 83.7 Å². The van der Waals surface area contributed by atoms with Gasteiger partial charge in [-0.2, -0.15) is 0 Å². The molecule has 1 amide bonds. The highest BCUT2D eigenvalue weighted by molar-refractivity contribution is 9.09. The first-order valence-corrected chi connectivity index (χ1v) is 23.0. The molecule has 8 rings (SSSR count). The maximum absolute atomic E-state index is 13.4. The van der Waals surface area contributed by atoms with Gasteiger partial charge in [-0.1, -0.05) is 22.0 Å². The molecule has 342 valence electrons. The Labute approximate surface area is 374 Å². The van der Waals surface area contributed by atoms with Crippen molar-refractivity contribution < 1.29 is 37.7 Å². The minimum absolute atomic E-state index is 0. The van der Waals surface area contributed by atoms with Gasteiger partial charge in [-0.15, -0.1) is 12.4 Å². The van der Waals surface area contributed by atoms with Crippen LogP contribution in [0.25, 0.3) is 22.0 Å². The summed E-state index contributed by atoms with van der Waals surface area (Å²) >= 11 is 3.15. The number of hydrogen-bond acceptors (Lipinski definition) is 10. The number of piperidine rings is 3. The van der Waals surface area contributed by atoms with Crippen molar-refractivity contribution in [2.24, 2.45) is 0 Å². The van der Waals surface area contributed by atoms with Gasteiger partial charge in [0.05, 0.1) is 29.4 Å². The van der Waals surface area contributed by atoms with E-state index >= 15 is 0 Å². The molecule has 4 fully saturated rings. The summed E-state index contributed by atoms with van der Waals surface area (Å²) in [7, 11) is 1.84. The van der Waals surface area contributed by atoms with Crippen LogP contribution in [0.3, 0.4) is 0 Å². The molecule has 0 aliphatic carbocycles. The zero-order valence-electron chi connectivity index (χ0n) is 35.7. The molecule has 11 nitrogen and oxygen atoms in total. The summed E-state index contributed by atoms with van der Waals surface area (Å²) in [5.74, 6) is 0.739. The molecule has 3 N–H and O–H groups in total. The lowest BCUT2D eigenvalue weighted by Crippen LogP contribution is -2.43. The number of likely N-dealkylation sites (N-methyl/N-ethyl adjacent to an activating group) is 1. The third-order valence-corrected chi connectivity index (χ3v) is 12.5. The Bertz CT molecular complexity index is 1710. The molecule has 3 aromatic rings. The molecular formula is C45H67BrClF3N6O5. The van der Waals surface area contributed by atoms with Crippen molar-refractivity contribution in [3.05, 3.63) is 48.3 Å². The van der Waals surface area contributed by atoms with E-state index in [9.17, 15) is 18.0 Å². The zero-order chi connectivity index (χ0) is 42.7. The standard InChI is InChI=1S/C29H33FN4O3.C8H16FNO.C5H10FN.C3H7BrO.ClH/c1-33-25-19-31-24-5-3-20(17-23(24)27(25)29(28(33)35)9-15-36-16-10-29)21-4-6-26(32-18-21)37-14-2-11-34-12-7-22(30)8-13-34;9-8-2-5-10(6-3-8)4-1-7-11;6-5-1-3-7-4-2-5;4-2-1-3-5;/h3-6,17-19,22H,2,7-16H2,1H3;8,11H,1-7H2;5,7H,1-4H2;5H,1-3H2;1H. The predicted molar refractivity (Wildman–Crippen MR) is 243 cm³/mol. The molecule has 5 aliphatic rings. The number of nitrogens with one attached hydrogen (secondary N) is 1. The molecule has 1 spiro atoms. The summed E-state index contributed by atoms with van der Waals surface area (Å²) < 4.78 is 49.5. The third kappa shape index (κ3) is 15.0. The molecule has 0 unspecified atom stereocenters. The lowest BCUT2D eigenvalue weighted by molar-refractivity contribution is -0.126. The van der Waals surface area contributed by atoms with E-state index in [4.69, 9.17) is 19.7 Å². The number of pyridine rings is 2. The molecule has 0 radical (unpaired) electrons. The molecule has 1 aromatic carbocycles. The van der Waals surface area contributed by atoms with Crippen molar-refractivity contribution >= 4 is 50.8 Å². The van der Waals surface area contributed by atoms with Crippen LogP contribution < -0.4 is 15.0 Å². The van der Waals surface area contributed by atoms with Crippen LogP contribution in [0, 0.1) is 0 Å². The van der Waals surface area contributed by atoms with Crippen LogP contribution in [0.15, 0.2) is 42.7 Å². The van der Waals surface area contributed by atoms with Gasteiger partial charge in [0, 0.05) is 107 Å². The topological polar surface area (TPSA) is 124 Å². The molecule has 4 saturated heterocycles. The number of alkyl halides is 4. The number of anilines is 1. The highest BCUT2D eigenvalue weighted by Crippen LogP contribution is 2.50. The minimum atomic E-state index is -0.637. The van der Waals surface area contributed by atoms with Gasteiger partial charge in [0.2, 0.25) is 11.8 Å². The number of likely N-dealkylation sites (tertiary alicyclic amines) is 2. The Kier molecular flexibility index (Phi) is 22.5. The number of nitrogens with zero attached hydrogens (tertiary/aromatic N) is 5. The van der Waals surface area contributed by atoms with E-state index in [1.165, 1.54) is 0 Å². The second-order valence-corrected chi connectivity index (χ2v) is 17.0. The number of aromatic nitrogens is 2. The van der Waals surface area contributed by atoms with Crippen molar-refractivity contribution in [3.8, 4) is 17.0 Å².